The van der Waals surface area contributed by atoms with Crippen molar-refractivity contribution in [2.75, 3.05) is 25.1 Å². The van der Waals surface area contributed by atoms with E-state index in [0.717, 1.165) is 19.8 Å². The van der Waals surface area contributed by atoms with Gasteiger partial charge in [0.25, 0.3) is 0 Å². The fraction of sp³-hybridized carbons (Fsp3) is 0.600. The Morgan fingerprint density at radius 3 is 2.59 bits per heavy atom. The first-order valence-electron chi connectivity index (χ1n) is 6.60. The van der Waals surface area contributed by atoms with E-state index in [1.54, 1.807) is 0 Å². The third kappa shape index (κ3) is 6.32. The summed E-state index contributed by atoms with van der Waals surface area (Å²) in [5.74, 6) is 0.680. The van der Waals surface area contributed by atoms with Crippen LogP contribution in [0.15, 0.2) is 24.3 Å². The SMILES string of the molecule is CCCC(C)COCCNc1ccc(C)cc1. The van der Waals surface area contributed by atoms with Crippen LogP contribution in [0.3, 0.4) is 0 Å². The van der Waals surface area contributed by atoms with E-state index >= 15 is 0 Å². The molecule has 0 heterocycles. The van der Waals surface area contributed by atoms with Crippen LogP contribution in [0.5, 0.6) is 0 Å². The molecule has 0 fully saturated rings. The van der Waals surface area contributed by atoms with E-state index in [9.17, 15) is 0 Å². The van der Waals surface area contributed by atoms with Crippen LogP contribution in [-0.4, -0.2) is 19.8 Å². The normalized spacial score (nSPS) is 12.4. The first-order valence-corrected chi connectivity index (χ1v) is 6.60. The zero-order valence-electron chi connectivity index (χ0n) is 11.3. The molecular formula is C15H25NO. The molecule has 0 aliphatic heterocycles. The molecule has 0 radical (unpaired) electrons. The van der Waals surface area contributed by atoms with Crippen LogP contribution in [0.4, 0.5) is 5.69 Å². The van der Waals surface area contributed by atoms with Gasteiger partial charge in [0.1, 0.15) is 0 Å². The minimum absolute atomic E-state index is 0.680. The van der Waals surface area contributed by atoms with Gasteiger partial charge in [-0.15, -0.1) is 0 Å². The van der Waals surface area contributed by atoms with E-state index in [0.29, 0.717) is 5.92 Å². The molecule has 0 aromatic heterocycles. The van der Waals surface area contributed by atoms with Crippen molar-refractivity contribution in [3.05, 3.63) is 29.8 Å². The predicted octanol–water partition coefficient (Wildman–Crippen LogP) is 3.86. The zero-order chi connectivity index (χ0) is 12.5. The molecule has 1 rings (SSSR count). The summed E-state index contributed by atoms with van der Waals surface area (Å²) >= 11 is 0. The molecule has 0 aliphatic carbocycles. The highest BCUT2D eigenvalue weighted by Crippen LogP contribution is 2.08. The van der Waals surface area contributed by atoms with Crippen molar-refractivity contribution in [1.82, 2.24) is 0 Å². The summed E-state index contributed by atoms with van der Waals surface area (Å²) in [6, 6.07) is 8.45. The number of nitrogens with one attached hydrogen (secondary N) is 1. The van der Waals surface area contributed by atoms with Gasteiger partial charge in [0.2, 0.25) is 0 Å². The summed E-state index contributed by atoms with van der Waals surface area (Å²) in [5, 5.41) is 3.35. The minimum Gasteiger partial charge on any atom is -0.383 e. The molecular weight excluding hydrogens is 210 g/mol. The number of rotatable bonds is 8. The molecule has 0 saturated carbocycles. The van der Waals surface area contributed by atoms with Crippen molar-refractivity contribution >= 4 is 5.69 Å². The molecule has 1 aromatic rings. The molecule has 1 unspecified atom stereocenters. The molecule has 0 saturated heterocycles. The van der Waals surface area contributed by atoms with Crippen molar-refractivity contribution in [3.63, 3.8) is 0 Å². The van der Waals surface area contributed by atoms with Gasteiger partial charge in [-0.3, -0.25) is 0 Å². The van der Waals surface area contributed by atoms with Crippen LogP contribution < -0.4 is 5.32 Å². The van der Waals surface area contributed by atoms with Crippen molar-refractivity contribution in [3.8, 4) is 0 Å². The summed E-state index contributed by atoms with van der Waals surface area (Å²) in [4.78, 5) is 0. The first-order chi connectivity index (χ1) is 8.22. The molecule has 1 atom stereocenters. The summed E-state index contributed by atoms with van der Waals surface area (Å²) in [6.07, 6.45) is 2.50. The van der Waals surface area contributed by atoms with Gasteiger partial charge in [0, 0.05) is 18.8 Å². The van der Waals surface area contributed by atoms with Crippen LogP contribution in [0.25, 0.3) is 0 Å². The van der Waals surface area contributed by atoms with Gasteiger partial charge >= 0.3 is 0 Å². The highest BCUT2D eigenvalue weighted by Gasteiger charge is 1.99. The Bertz CT molecular complexity index is 294. The largest absolute Gasteiger partial charge is 0.383 e. The van der Waals surface area contributed by atoms with E-state index in [4.69, 9.17) is 4.74 Å². The Balaban J connectivity index is 2.06. The lowest BCUT2D eigenvalue weighted by Gasteiger charge is -2.11. The van der Waals surface area contributed by atoms with Crippen molar-refractivity contribution in [2.24, 2.45) is 5.92 Å². The first kappa shape index (κ1) is 14.0. The van der Waals surface area contributed by atoms with Gasteiger partial charge in [0.05, 0.1) is 6.61 Å². The predicted molar refractivity (Wildman–Crippen MR) is 74.6 cm³/mol. The second-order valence-electron chi connectivity index (χ2n) is 4.76. The molecule has 0 aliphatic rings. The van der Waals surface area contributed by atoms with E-state index in [-0.39, 0.29) is 0 Å². The van der Waals surface area contributed by atoms with Crippen LogP contribution in [0, 0.1) is 12.8 Å². The smallest absolute Gasteiger partial charge is 0.0639 e. The summed E-state index contributed by atoms with van der Waals surface area (Å²) in [6.45, 7) is 9.10. The van der Waals surface area contributed by atoms with E-state index in [1.807, 2.05) is 0 Å². The van der Waals surface area contributed by atoms with Crippen LogP contribution in [0.2, 0.25) is 0 Å². The average molecular weight is 235 g/mol. The average Bonchev–Trinajstić information content (AvgIpc) is 2.31. The van der Waals surface area contributed by atoms with Crippen molar-refractivity contribution in [1.29, 1.82) is 0 Å². The van der Waals surface area contributed by atoms with E-state index in [1.165, 1.54) is 24.1 Å². The van der Waals surface area contributed by atoms with Gasteiger partial charge in [-0.05, 0) is 31.4 Å². The summed E-state index contributed by atoms with van der Waals surface area (Å²) < 4.78 is 5.63. The van der Waals surface area contributed by atoms with Crippen molar-refractivity contribution in [2.45, 2.75) is 33.6 Å². The monoisotopic (exact) mass is 235 g/mol. The highest BCUT2D eigenvalue weighted by atomic mass is 16.5. The molecule has 2 heteroatoms. The van der Waals surface area contributed by atoms with Crippen LogP contribution in [0.1, 0.15) is 32.3 Å². The lowest BCUT2D eigenvalue weighted by Crippen LogP contribution is -2.13. The van der Waals surface area contributed by atoms with E-state index in [2.05, 4.69) is 50.4 Å². The molecule has 1 N–H and O–H groups in total. The summed E-state index contributed by atoms with van der Waals surface area (Å²) in [7, 11) is 0. The Morgan fingerprint density at radius 1 is 1.24 bits per heavy atom. The van der Waals surface area contributed by atoms with E-state index < -0.39 is 0 Å². The maximum absolute atomic E-state index is 5.63. The zero-order valence-corrected chi connectivity index (χ0v) is 11.3. The van der Waals surface area contributed by atoms with Crippen molar-refractivity contribution < 1.29 is 4.74 Å². The third-order valence-corrected chi connectivity index (χ3v) is 2.81. The number of benzene rings is 1. The van der Waals surface area contributed by atoms with Gasteiger partial charge in [-0.1, -0.05) is 38.0 Å². The molecule has 0 bridgehead atoms. The summed E-state index contributed by atoms with van der Waals surface area (Å²) in [5.41, 5.74) is 2.46. The maximum Gasteiger partial charge on any atom is 0.0639 e. The number of hydrogen-bond donors (Lipinski definition) is 1. The molecule has 2 nitrogen and oxygen atoms in total. The molecule has 17 heavy (non-hydrogen) atoms. The minimum atomic E-state index is 0.680. The topological polar surface area (TPSA) is 21.3 Å². The number of ether oxygens (including phenoxy) is 1. The molecule has 1 aromatic carbocycles. The fourth-order valence-corrected chi connectivity index (χ4v) is 1.80. The Kier molecular flexibility index (Phi) is 6.71. The standard InChI is InChI=1S/C15H25NO/c1-4-5-14(3)12-17-11-10-16-15-8-6-13(2)7-9-15/h6-9,14,16H,4-5,10-12H2,1-3H3. The van der Waals surface area contributed by atoms with Crippen LogP contribution >= 0.6 is 0 Å². The second kappa shape index (κ2) is 8.13. The Morgan fingerprint density at radius 2 is 1.94 bits per heavy atom. The lowest BCUT2D eigenvalue weighted by atomic mass is 10.1. The van der Waals surface area contributed by atoms with Gasteiger partial charge < -0.3 is 10.1 Å². The van der Waals surface area contributed by atoms with Gasteiger partial charge in [0.15, 0.2) is 0 Å². The molecule has 0 spiro atoms. The Hall–Kier alpha value is -1.02. The highest BCUT2D eigenvalue weighted by molar-refractivity contribution is 5.44. The fourth-order valence-electron chi connectivity index (χ4n) is 1.80. The quantitative estimate of drug-likeness (QED) is 0.691. The maximum atomic E-state index is 5.63. The van der Waals surface area contributed by atoms with Gasteiger partial charge in [-0.2, -0.15) is 0 Å². The number of anilines is 1. The Labute approximate surface area is 105 Å². The number of hydrogen-bond acceptors (Lipinski definition) is 2. The van der Waals surface area contributed by atoms with Crippen LogP contribution in [-0.2, 0) is 4.74 Å². The lowest BCUT2D eigenvalue weighted by molar-refractivity contribution is 0.110. The second-order valence-corrected chi connectivity index (χ2v) is 4.76. The number of aryl methyl sites for hydroxylation is 1. The van der Waals surface area contributed by atoms with Gasteiger partial charge in [-0.25, -0.2) is 0 Å². The third-order valence-electron chi connectivity index (χ3n) is 2.81. The molecule has 96 valence electrons. The molecule has 0 amide bonds.